The lowest BCUT2D eigenvalue weighted by atomic mass is 10.1. The van der Waals surface area contributed by atoms with Crippen LogP contribution < -0.4 is 10.6 Å². The Kier molecular flexibility index (Phi) is 6.89. The van der Waals surface area contributed by atoms with E-state index < -0.39 is 0 Å². The Bertz CT molecular complexity index is 495. The van der Waals surface area contributed by atoms with Crippen molar-refractivity contribution in [1.82, 2.24) is 10.6 Å². The minimum atomic E-state index is -0.357. The molecule has 1 aromatic rings. The van der Waals surface area contributed by atoms with Crippen molar-refractivity contribution < 1.29 is 9.90 Å². The molecule has 0 bridgehead atoms. The van der Waals surface area contributed by atoms with E-state index in [9.17, 15) is 9.90 Å². The average Bonchev–Trinajstić information content (AvgIpc) is 3.17. The molecular formula is C15H21ClN2O2S2. The highest BCUT2D eigenvalue weighted by Gasteiger charge is 2.25. The SMILES string of the molecule is Cl.O=C(NCC1CNCC1O)c1ccc(C2SCCS2)cc1. The molecule has 4 nitrogen and oxygen atoms in total. The van der Waals surface area contributed by atoms with E-state index in [2.05, 4.69) is 22.8 Å². The molecule has 2 atom stereocenters. The van der Waals surface area contributed by atoms with Crippen LogP contribution in [0.3, 0.4) is 0 Å². The summed E-state index contributed by atoms with van der Waals surface area (Å²) in [5, 5.41) is 15.7. The first kappa shape index (κ1) is 17.9. The summed E-state index contributed by atoms with van der Waals surface area (Å²) in [4.78, 5) is 12.1. The summed E-state index contributed by atoms with van der Waals surface area (Å²) >= 11 is 3.93. The highest BCUT2D eigenvalue weighted by molar-refractivity contribution is 8.19. The van der Waals surface area contributed by atoms with Crippen molar-refractivity contribution in [3.63, 3.8) is 0 Å². The number of hydrogen-bond donors (Lipinski definition) is 3. The van der Waals surface area contributed by atoms with Gasteiger partial charge in [0.05, 0.1) is 10.7 Å². The third-order valence-electron chi connectivity index (χ3n) is 3.90. The van der Waals surface area contributed by atoms with Crippen LogP contribution in [0.15, 0.2) is 24.3 Å². The van der Waals surface area contributed by atoms with Crippen LogP contribution in [0.4, 0.5) is 0 Å². The molecule has 3 N–H and O–H groups in total. The fourth-order valence-corrected chi connectivity index (χ4v) is 5.46. The molecule has 1 amide bonds. The number of halogens is 1. The molecule has 2 heterocycles. The molecule has 2 unspecified atom stereocenters. The Balaban J connectivity index is 0.00000176. The molecule has 7 heteroatoms. The van der Waals surface area contributed by atoms with Gasteiger partial charge < -0.3 is 15.7 Å². The first-order valence-electron chi connectivity index (χ1n) is 7.24. The molecule has 0 radical (unpaired) electrons. The molecule has 122 valence electrons. The quantitative estimate of drug-likeness (QED) is 0.765. The molecule has 2 aliphatic rings. The van der Waals surface area contributed by atoms with E-state index in [1.807, 2.05) is 35.7 Å². The van der Waals surface area contributed by atoms with Gasteiger partial charge in [-0.1, -0.05) is 12.1 Å². The number of amides is 1. The summed E-state index contributed by atoms with van der Waals surface area (Å²) in [6.07, 6.45) is -0.357. The lowest BCUT2D eigenvalue weighted by Crippen LogP contribution is -2.34. The number of nitrogens with one attached hydrogen (secondary N) is 2. The lowest BCUT2D eigenvalue weighted by molar-refractivity contribution is 0.0927. The van der Waals surface area contributed by atoms with Gasteiger partial charge in [0.1, 0.15) is 0 Å². The maximum Gasteiger partial charge on any atom is 0.251 e. The number of aliphatic hydroxyl groups excluding tert-OH is 1. The maximum absolute atomic E-state index is 12.1. The summed E-state index contributed by atoms with van der Waals surface area (Å²) in [6.45, 7) is 1.89. The molecule has 22 heavy (non-hydrogen) atoms. The van der Waals surface area contributed by atoms with E-state index in [-0.39, 0.29) is 30.3 Å². The number of aliphatic hydroxyl groups is 1. The lowest BCUT2D eigenvalue weighted by Gasteiger charge is -2.14. The molecule has 0 aromatic heterocycles. The first-order chi connectivity index (χ1) is 10.2. The van der Waals surface area contributed by atoms with Crippen LogP contribution in [0.2, 0.25) is 0 Å². The molecule has 2 fully saturated rings. The topological polar surface area (TPSA) is 61.4 Å². The zero-order valence-corrected chi connectivity index (χ0v) is 14.6. The number of benzene rings is 1. The Labute approximate surface area is 145 Å². The van der Waals surface area contributed by atoms with Gasteiger partial charge in [-0.2, -0.15) is 0 Å². The van der Waals surface area contributed by atoms with Crippen molar-refractivity contribution in [2.75, 3.05) is 31.1 Å². The van der Waals surface area contributed by atoms with Crippen molar-refractivity contribution in [2.24, 2.45) is 5.92 Å². The molecule has 0 spiro atoms. The molecule has 2 aliphatic heterocycles. The van der Waals surface area contributed by atoms with Gasteiger partial charge in [0, 0.05) is 42.6 Å². The fraction of sp³-hybridized carbons (Fsp3) is 0.533. The molecule has 1 aromatic carbocycles. The number of hydrogen-bond acceptors (Lipinski definition) is 5. The van der Waals surface area contributed by atoms with E-state index in [4.69, 9.17) is 0 Å². The summed E-state index contributed by atoms with van der Waals surface area (Å²) < 4.78 is 0.516. The zero-order chi connectivity index (χ0) is 14.7. The van der Waals surface area contributed by atoms with Gasteiger partial charge in [0.15, 0.2) is 0 Å². The minimum absolute atomic E-state index is 0. The summed E-state index contributed by atoms with van der Waals surface area (Å²) in [5.41, 5.74) is 1.97. The fourth-order valence-electron chi connectivity index (χ4n) is 2.60. The second-order valence-electron chi connectivity index (χ2n) is 5.39. The number of thioether (sulfide) groups is 2. The van der Waals surface area contributed by atoms with Gasteiger partial charge >= 0.3 is 0 Å². The summed E-state index contributed by atoms with van der Waals surface area (Å²) in [7, 11) is 0. The van der Waals surface area contributed by atoms with E-state index >= 15 is 0 Å². The van der Waals surface area contributed by atoms with E-state index in [0.717, 1.165) is 6.54 Å². The van der Waals surface area contributed by atoms with Crippen LogP contribution in [0, 0.1) is 5.92 Å². The van der Waals surface area contributed by atoms with Crippen LogP contribution in [-0.4, -0.2) is 48.3 Å². The van der Waals surface area contributed by atoms with Crippen LogP contribution in [0.5, 0.6) is 0 Å². The van der Waals surface area contributed by atoms with Gasteiger partial charge in [0.2, 0.25) is 0 Å². The maximum atomic E-state index is 12.1. The molecule has 0 aliphatic carbocycles. The average molecular weight is 361 g/mol. The highest BCUT2D eigenvalue weighted by Crippen LogP contribution is 2.45. The number of rotatable bonds is 4. The van der Waals surface area contributed by atoms with E-state index in [0.29, 0.717) is 23.2 Å². The highest BCUT2D eigenvalue weighted by atomic mass is 35.5. The molecular weight excluding hydrogens is 340 g/mol. The van der Waals surface area contributed by atoms with Crippen LogP contribution >= 0.6 is 35.9 Å². The van der Waals surface area contributed by atoms with Crippen molar-refractivity contribution in [3.05, 3.63) is 35.4 Å². The predicted molar refractivity (Wildman–Crippen MR) is 96.0 cm³/mol. The normalized spacial score (nSPS) is 25.0. The summed E-state index contributed by atoms with van der Waals surface area (Å²) in [6, 6.07) is 7.90. The first-order valence-corrected chi connectivity index (χ1v) is 9.34. The van der Waals surface area contributed by atoms with Gasteiger partial charge in [-0.25, -0.2) is 0 Å². The molecule has 3 rings (SSSR count). The monoisotopic (exact) mass is 360 g/mol. The minimum Gasteiger partial charge on any atom is -0.391 e. The smallest absolute Gasteiger partial charge is 0.251 e. The Morgan fingerprint density at radius 2 is 1.91 bits per heavy atom. The Hall–Kier alpha value is -0.400. The van der Waals surface area contributed by atoms with Crippen LogP contribution in [-0.2, 0) is 0 Å². The number of β-amino-alcohol motifs (C(OH)–C–C–N with tert-alkyl or cyclic N) is 1. The third kappa shape index (κ3) is 4.32. The van der Waals surface area contributed by atoms with Crippen LogP contribution in [0.1, 0.15) is 20.5 Å². The largest absolute Gasteiger partial charge is 0.391 e. The summed E-state index contributed by atoms with van der Waals surface area (Å²) in [5.74, 6) is 2.46. The molecule has 0 saturated carbocycles. The number of carbonyl (C=O) groups is 1. The van der Waals surface area contributed by atoms with Gasteiger partial charge in [-0.3, -0.25) is 4.79 Å². The van der Waals surface area contributed by atoms with Gasteiger partial charge in [0.25, 0.3) is 5.91 Å². The van der Waals surface area contributed by atoms with Crippen molar-refractivity contribution in [3.8, 4) is 0 Å². The Morgan fingerprint density at radius 3 is 2.50 bits per heavy atom. The second-order valence-corrected chi connectivity index (χ2v) is 8.12. The van der Waals surface area contributed by atoms with Crippen molar-refractivity contribution >= 4 is 41.8 Å². The van der Waals surface area contributed by atoms with Gasteiger partial charge in [-0.15, -0.1) is 35.9 Å². The second kappa shape index (κ2) is 8.45. The number of carbonyl (C=O) groups excluding carboxylic acids is 1. The van der Waals surface area contributed by atoms with E-state index in [1.165, 1.54) is 17.1 Å². The van der Waals surface area contributed by atoms with Crippen LogP contribution in [0.25, 0.3) is 0 Å². The standard InChI is InChI=1S/C15H20N2O2S2.ClH/c18-13-9-16-7-12(13)8-17-14(19)10-1-3-11(4-2-10)15-20-5-6-21-15;/h1-4,12-13,15-16,18H,5-9H2,(H,17,19);1H. The predicted octanol–water partition coefficient (Wildman–Crippen LogP) is 1.90. The van der Waals surface area contributed by atoms with Crippen molar-refractivity contribution in [2.45, 2.75) is 10.7 Å². The van der Waals surface area contributed by atoms with Gasteiger partial charge in [-0.05, 0) is 17.7 Å². The zero-order valence-electron chi connectivity index (χ0n) is 12.2. The molecule has 2 saturated heterocycles. The third-order valence-corrected chi connectivity index (χ3v) is 7.00. The Morgan fingerprint density at radius 1 is 1.23 bits per heavy atom. The van der Waals surface area contributed by atoms with Crippen molar-refractivity contribution in [1.29, 1.82) is 0 Å². The van der Waals surface area contributed by atoms with E-state index in [1.54, 1.807) is 0 Å².